The monoisotopic (exact) mass is 1370 g/mol. The highest BCUT2D eigenvalue weighted by Gasteiger charge is 2.53. The summed E-state index contributed by atoms with van der Waals surface area (Å²) in [6.07, 6.45) is -1.56. The molecule has 2 fully saturated rings. The van der Waals surface area contributed by atoms with Gasteiger partial charge in [-0.3, -0.25) is 14.2 Å². The summed E-state index contributed by atoms with van der Waals surface area (Å²) in [4.78, 5) is 14.4. The molecule has 10 aromatic rings. The average molecular weight is 1380 g/mol. The van der Waals surface area contributed by atoms with Gasteiger partial charge in [0.2, 0.25) is 11.8 Å². The van der Waals surface area contributed by atoms with Crippen LogP contribution < -0.4 is 18.9 Å². The molecule has 8 aromatic carbocycles. The van der Waals surface area contributed by atoms with E-state index in [9.17, 15) is 9.90 Å². The van der Waals surface area contributed by atoms with Crippen LogP contribution in [0.5, 0.6) is 23.3 Å². The van der Waals surface area contributed by atoms with Gasteiger partial charge in [0, 0.05) is 53.4 Å². The van der Waals surface area contributed by atoms with E-state index < -0.39 is 30.5 Å². The Hall–Kier alpha value is -9.15. The Balaban J connectivity index is 0.000000205. The van der Waals surface area contributed by atoms with Crippen LogP contribution in [-0.2, 0) is 76.2 Å². The summed E-state index contributed by atoms with van der Waals surface area (Å²) in [6.45, 7) is 23.7. The van der Waals surface area contributed by atoms with Gasteiger partial charge in [0.1, 0.15) is 36.9 Å². The Morgan fingerprint density at radius 1 is 0.392 bits per heavy atom. The minimum atomic E-state index is -0.891. The molecule has 1 unspecified atom stereocenters. The third-order valence-corrected chi connectivity index (χ3v) is 20.1. The van der Waals surface area contributed by atoms with Gasteiger partial charge in [-0.1, -0.05) is 240 Å². The number of aliphatic hydroxyl groups is 1. The van der Waals surface area contributed by atoms with E-state index in [-0.39, 0.29) is 53.7 Å². The Morgan fingerprint density at radius 3 is 1.08 bits per heavy atom. The topological polar surface area (TPSA) is 147 Å². The molecular formula is C88H102N4O10. The molecule has 2 aliphatic carbocycles. The first-order valence-corrected chi connectivity index (χ1v) is 36.5. The van der Waals surface area contributed by atoms with Crippen LogP contribution in [0.3, 0.4) is 0 Å². The van der Waals surface area contributed by atoms with Gasteiger partial charge in [-0.25, -0.2) is 0 Å². The lowest BCUT2D eigenvalue weighted by Gasteiger charge is -2.47. The molecule has 12 rings (SSSR count). The quantitative estimate of drug-likeness (QED) is 0.0457. The molecule has 2 aromatic heterocycles. The second kappa shape index (κ2) is 36.1. The highest BCUT2D eigenvalue weighted by atomic mass is 16.6. The Morgan fingerprint density at radius 2 is 0.725 bits per heavy atom. The van der Waals surface area contributed by atoms with Gasteiger partial charge in [0.15, 0.2) is 18.0 Å². The summed E-state index contributed by atoms with van der Waals surface area (Å²) in [5.74, 6) is 2.32. The minimum Gasteiger partial charge on any atom is -0.489 e. The van der Waals surface area contributed by atoms with Crippen molar-refractivity contribution in [3.63, 3.8) is 0 Å². The molecule has 2 aliphatic rings. The normalized spacial score (nSPS) is 21.1. The van der Waals surface area contributed by atoms with Gasteiger partial charge in [0.25, 0.3) is 0 Å². The SMILES string of the molecule is CC[C@H]1C(=O)[C@@H](Oc2nn(C(C)C)c(C)c2Cc2ccc(OCc3ccccc3)cc2)[C@H](OCc2ccccc2)[C@@H](OCc2ccccc2)[C@@H]1C.CC[C@H]1C(O)[C@@H](Oc2nn(C(C)C)c(C)c2Cc2ccc(OCc3ccccc3)cc2)[C@H](OCc2ccccc2)[C@@H](OCc2ccccc2)[C@@H]1C. The zero-order valence-corrected chi connectivity index (χ0v) is 60.9. The van der Waals surface area contributed by atoms with Gasteiger partial charge in [0.05, 0.1) is 44.7 Å². The summed E-state index contributed by atoms with van der Waals surface area (Å²) in [6, 6.07) is 77.4. The van der Waals surface area contributed by atoms with E-state index in [0.29, 0.717) is 70.7 Å². The molecule has 11 atom stereocenters. The summed E-state index contributed by atoms with van der Waals surface area (Å²) < 4.78 is 56.7. The summed E-state index contributed by atoms with van der Waals surface area (Å²) in [5, 5.41) is 22.0. The molecule has 2 heterocycles. The minimum absolute atomic E-state index is 0.0326. The first-order valence-electron chi connectivity index (χ1n) is 36.5. The number of Topliss-reactive ketones (excluding diaryl/α,β-unsaturated/α-hetero) is 1. The molecule has 0 aliphatic heterocycles. The zero-order chi connectivity index (χ0) is 71.5. The van der Waals surface area contributed by atoms with Gasteiger partial charge in [-0.2, -0.15) is 0 Å². The predicted molar refractivity (Wildman–Crippen MR) is 401 cm³/mol. The third-order valence-electron chi connectivity index (χ3n) is 20.1. The fourth-order valence-electron chi connectivity index (χ4n) is 14.4. The molecule has 14 nitrogen and oxygen atoms in total. The second-order valence-electron chi connectivity index (χ2n) is 27.9. The molecular weight excluding hydrogens is 1270 g/mol. The van der Waals surface area contributed by atoms with Crippen molar-refractivity contribution in [2.24, 2.45) is 23.7 Å². The standard InChI is InChI=1S/C44H52N2O5.C44H50N2O5/c2*1-6-38-31(4)41(49-28-35-18-12-8-13-19-35)43(50-29-36-20-14-9-15-21-36)42(40(38)47)51-44-39(32(5)46(45-44)30(2)3)26-33-22-24-37(25-23-33)48-27-34-16-10-7-11-17-34/h7-25,30-31,38,40-43,47H,6,26-29H2,1-5H3;7-25,30-31,38,41-43H,6,26-29H2,1-5H3/t31-,38-,40?,41+,42-,43-;31-,38-,41+,42-,43-/m11/s1. The van der Waals surface area contributed by atoms with Crippen LogP contribution >= 0.6 is 0 Å². The highest BCUT2D eigenvalue weighted by molar-refractivity contribution is 5.88. The number of hydrogen-bond acceptors (Lipinski definition) is 12. The van der Waals surface area contributed by atoms with Crippen molar-refractivity contribution >= 4 is 5.78 Å². The van der Waals surface area contributed by atoms with Crippen LogP contribution in [0.15, 0.2) is 231 Å². The number of carbonyl (C=O) groups excluding carboxylic acids is 1. The lowest BCUT2D eigenvalue weighted by Crippen LogP contribution is -2.61. The fraction of sp³-hybridized carbons (Fsp3) is 0.375. The van der Waals surface area contributed by atoms with Crippen molar-refractivity contribution in [2.45, 2.75) is 189 Å². The van der Waals surface area contributed by atoms with E-state index in [1.165, 1.54) is 0 Å². The smallest absolute Gasteiger partial charge is 0.237 e. The number of rotatable bonds is 30. The van der Waals surface area contributed by atoms with Crippen LogP contribution in [0.1, 0.15) is 147 Å². The largest absolute Gasteiger partial charge is 0.489 e. The van der Waals surface area contributed by atoms with Crippen LogP contribution in [0.25, 0.3) is 0 Å². The Labute approximate surface area is 603 Å². The Bertz CT molecular complexity index is 4140. The number of hydrogen-bond donors (Lipinski definition) is 1. The third kappa shape index (κ3) is 18.9. The van der Waals surface area contributed by atoms with Gasteiger partial charge in [-0.05, 0) is 134 Å². The Kier molecular flexibility index (Phi) is 26.2. The fourth-order valence-corrected chi connectivity index (χ4v) is 14.4. The van der Waals surface area contributed by atoms with E-state index in [4.69, 9.17) is 48.1 Å². The molecule has 2 saturated carbocycles. The first kappa shape index (κ1) is 74.1. The van der Waals surface area contributed by atoms with Crippen LogP contribution in [0.4, 0.5) is 0 Å². The first-order chi connectivity index (χ1) is 49.6. The van der Waals surface area contributed by atoms with Crippen molar-refractivity contribution in [1.29, 1.82) is 0 Å². The van der Waals surface area contributed by atoms with E-state index in [1.807, 2.05) is 155 Å². The van der Waals surface area contributed by atoms with Crippen molar-refractivity contribution in [2.75, 3.05) is 0 Å². The number of benzene rings is 8. The number of nitrogens with zero attached hydrogens (tertiary/aromatic N) is 4. The molecule has 0 radical (unpaired) electrons. The van der Waals surface area contributed by atoms with Crippen LogP contribution in [-0.4, -0.2) is 73.2 Å². The summed E-state index contributed by atoms with van der Waals surface area (Å²) in [5.41, 5.74) is 12.7. The number of ketones is 1. The highest BCUT2D eigenvalue weighted by Crippen LogP contribution is 2.42. The van der Waals surface area contributed by atoms with Crippen LogP contribution in [0.2, 0.25) is 0 Å². The lowest BCUT2D eigenvalue weighted by atomic mass is 9.72. The molecule has 1 N–H and O–H groups in total. The zero-order valence-electron chi connectivity index (χ0n) is 60.9. The van der Waals surface area contributed by atoms with Gasteiger partial charge in [-0.15, -0.1) is 10.2 Å². The average Bonchev–Trinajstić information content (AvgIpc) is 1.17. The van der Waals surface area contributed by atoms with Crippen LogP contribution in [0, 0.1) is 37.5 Å². The molecule has 0 bridgehead atoms. The van der Waals surface area contributed by atoms with Crippen molar-refractivity contribution in [3.05, 3.63) is 298 Å². The summed E-state index contributed by atoms with van der Waals surface area (Å²) >= 11 is 0. The number of aromatic nitrogens is 4. The van der Waals surface area contributed by atoms with E-state index in [2.05, 4.69) is 154 Å². The van der Waals surface area contributed by atoms with E-state index >= 15 is 0 Å². The molecule has 0 amide bonds. The molecule has 0 spiro atoms. The van der Waals surface area contributed by atoms with Crippen molar-refractivity contribution in [3.8, 4) is 23.3 Å². The maximum Gasteiger partial charge on any atom is 0.237 e. The van der Waals surface area contributed by atoms with E-state index in [0.717, 1.165) is 84.9 Å². The number of aliphatic hydroxyl groups excluding tert-OH is 1. The number of ether oxygens (including phenoxy) is 8. The molecule has 534 valence electrons. The van der Waals surface area contributed by atoms with Crippen molar-refractivity contribution < 1.29 is 47.8 Å². The van der Waals surface area contributed by atoms with Crippen molar-refractivity contribution in [1.82, 2.24) is 19.6 Å². The number of carbonyl (C=O) groups is 1. The lowest BCUT2D eigenvalue weighted by molar-refractivity contribution is -0.212. The predicted octanol–water partition coefficient (Wildman–Crippen LogP) is 18.0. The molecule has 14 heteroatoms. The second-order valence-corrected chi connectivity index (χ2v) is 27.9. The maximum absolute atomic E-state index is 14.4. The van der Waals surface area contributed by atoms with E-state index in [1.54, 1.807) is 0 Å². The maximum atomic E-state index is 14.4. The molecule has 0 saturated heterocycles. The summed E-state index contributed by atoms with van der Waals surface area (Å²) in [7, 11) is 0. The molecule has 102 heavy (non-hydrogen) atoms. The van der Waals surface area contributed by atoms with Gasteiger partial charge >= 0.3 is 0 Å². The van der Waals surface area contributed by atoms with Gasteiger partial charge < -0.3 is 43.0 Å².